The highest BCUT2D eigenvalue weighted by molar-refractivity contribution is 5.96. The van der Waals surface area contributed by atoms with Gasteiger partial charge in [-0.2, -0.15) is 0 Å². The zero-order valence-electron chi connectivity index (χ0n) is 24.8. The van der Waals surface area contributed by atoms with E-state index < -0.39 is 27.1 Å². The van der Waals surface area contributed by atoms with Crippen molar-refractivity contribution < 1.29 is 19.4 Å². The molecular weight excluding hydrogens is 534 g/mol. The van der Waals surface area contributed by atoms with Crippen molar-refractivity contribution in [2.45, 2.75) is 103 Å². The Morgan fingerprint density at radius 2 is 1.62 bits per heavy atom. The Kier molecular flexibility index (Phi) is 10.3. The molecule has 3 aromatic rings. The molecule has 1 amide bonds. The first-order valence-electron chi connectivity index (χ1n) is 15.0. The Morgan fingerprint density at radius 1 is 0.952 bits per heavy atom. The van der Waals surface area contributed by atoms with Gasteiger partial charge in [0.05, 0.1) is 39.2 Å². The number of benzene rings is 3. The van der Waals surface area contributed by atoms with Crippen LogP contribution >= 0.6 is 0 Å². The minimum absolute atomic E-state index is 0.0988. The van der Waals surface area contributed by atoms with Gasteiger partial charge >= 0.3 is 0 Å². The average Bonchev–Trinajstić information content (AvgIpc) is 3.48. The van der Waals surface area contributed by atoms with E-state index in [1.165, 1.54) is 44.9 Å². The van der Waals surface area contributed by atoms with Gasteiger partial charge in [-0.25, -0.2) is 0 Å². The van der Waals surface area contributed by atoms with Gasteiger partial charge in [0.1, 0.15) is 0 Å². The van der Waals surface area contributed by atoms with Crippen molar-refractivity contribution in [1.82, 2.24) is 5.32 Å². The van der Waals surface area contributed by atoms with Gasteiger partial charge in [0.15, 0.2) is 0 Å². The number of unbranched alkanes of at least 4 members (excludes halogenated alkanes) is 1. The first kappa shape index (κ1) is 31.1. The van der Waals surface area contributed by atoms with Crippen LogP contribution in [0.15, 0.2) is 54.6 Å². The molecule has 9 nitrogen and oxygen atoms in total. The summed E-state index contributed by atoms with van der Waals surface area (Å²) in [5.41, 5.74) is 1.24. The molecule has 1 fully saturated rings. The number of hydrogen-bond donors (Lipinski definition) is 1. The molecule has 1 unspecified atom stereocenters. The van der Waals surface area contributed by atoms with E-state index in [-0.39, 0.29) is 17.2 Å². The first-order chi connectivity index (χ1) is 20.1. The van der Waals surface area contributed by atoms with Gasteiger partial charge in [0, 0.05) is 12.1 Å². The van der Waals surface area contributed by atoms with Crippen molar-refractivity contribution >= 4 is 28.1 Å². The normalized spacial score (nSPS) is 16.8. The summed E-state index contributed by atoms with van der Waals surface area (Å²) in [5.74, 6) is -0.567. The number of nitro groups is 2. The van der Waals surface area contributed by atoms with Crippen molar-refractivity contribution in [2.24, 2.45) is 0 Å². The molecule has 224 valence electrons. The smallest absolute Gasteiger partial charge is 0.277 e. The van der Waals surface area contributed by atoms with Gasteiger partial charge in [-0.15, -0.1) is 0 Å². The predicted molar refractivity (Wildman–Crippen MR) is 164 cm³/mol. The number of nitrogens with one attached hydrogen (secondary N) is 1. The summed E-state index contributed by atoms with van der Waals surface area (Å²) in [6.07, 6.45) is 12.2. The van der Waals surface area contributed by atoms with Crippen molar-refractivity contribution in [3.63, 3.8) is 0 Å². The predicted octanol–water partition coefficient (Wildman–Crippen LogP) is 8.38. The largest absolute Gasteiger partial charge is 0.372 e. The zero-order valence-corrected chi connectivity index (χ0v) is 24.8. The summed E-state index contributed by atoms with van der Waals surface area (Å²) < 4.78 is 6.10. The van der Waals surface area contributed by atoms with Crippen molar-refractivity contribution in [3.05, 3.63) is 91.5 Å². The molecule has 2 aliphatic rings. The van der Waals surface area contributed by atoms with Crippen LogP contribution in [-0.4, -0.2) is 27.5 Å². The second-order valence-electron chi connectivity index (χ2n) is 11.9. The molecule has 5 rings (SSSR count). The number of amides is 1. The number of ether oxygens (including phenoxy) is 1. The van der Waals surface area contributed by atoms with Crippen molar-refractivity contribution in [3.8, 4) is 0 Å². The Balaban J connectivity index is 0.000000262. The van der Waals surface area contributed by atoms with Gasteiger partial charge in [-0.3, -0.25) is 25.0 Å². The van der Waals surface area contributed by atoms with E-state index >= 15 is 0 Å². The van der Waals surface area contributed by atoms with Crippen LogP contribution in [0.5, 0.6) is 0 Å². The molecule has 0 bridgehead atoms. The highest BCUT2D eigenvalue weighted by atomic mass is 16.6. The Bertz CT molecular complexity index is 1400. The summed E-state index contributed by atoms with van der Waals surface area (Å²) in [4.78, 5) is 33.6. The van der Waals surface area contributed by atoms with E-state index in [1.807, 2.05) is 24.3 Å². The lowest BCUT2D eigenvalue weighted by Gasteiger charge is -2.29. The van der Waals surface area contributed by atoms with E-state index in [4.69, 9.17) is 4.74 Å². The quantitative estimate of drug-likeness (QED) is 0.202. The minimum atomic E-state index is -0.743. The SMILES string of the molecule is CCCCC(C)(C)OC1CCCC1.O=C(NC1CCCc2ccc3ccccc3c21)c1cc([N+](=O)[O-])cc([N+](=O)[O-])c1. The van der Waals surface area contributed by atoms with Crippen LogP contribution in [0, 0.1) is 20.2 Å². The molecule has 1 atom stereocenters. The first-order valence-corrected chi connectivity index (χ1v) is 15.0. The van der Waals surface area contributed by atoms with Gasteiger partial charge in [-0.1, -0.05) is 69.0 Å². The summed E-state index contributed by atoms with van der Waals surface area (Å²) in [6.45, 7) is 6.72. The zero-order chi connectivity index (χ0) is 30.3. The van der Waals surface area contributed by atoms with Crippen LogP contribution in [0.4, 0.5) is 11.4 Å². The average molecular weight is 576 g/mol. The molecule has 0 saturated heterocycles. The number of rotatable bonds is 9. The molecule has 9 heteroatoms. The topological polar surface area (TPSA) is 125 Å². The van der Waals surface area contributed by atoms with Crippen molar-refractivity contribution in [1.29, 1.82) is 0 Å². The van der Waals surface area contributed by atoms with Crippen LogP contribution in [-0.2, 0) is 11.2 Å². The van der Waals surface area contributed by atoms with Crippen LogP contribution in [0.3, 0.4) is 0 Å². The van der Waals surface area contributed by atoms with E-state index in [2.05, 4.69) is 38.2 Å². The molecule has 0 spiro atoms. The highest BCUT2D eigenvalue weighted by Gasteiger charge is 2.27. The molecule has 1 N–H and O–H groups in total. The Hall–Kier alpha value is -3.85. The maximum atomic E-state index is 12.9. The van der Waals surface area contributed by atoms with E-state index in [9.17, 15) is 25.0 Å². The molecule has 42 heavy (non-hydrogen) atoms. The van der Waals surface area contributed by atoms with Crippen LogP contribution in [0.1, 0.15) is 106 Å². The number of carbonyl (C=O) groups excluding carboxylic acids is 1. The second-order valence-corrected chi connectivity index (χ2v) is 11.9. The fourth-order valence-corrected chi connectivity index (χ4v) is 6.05. The molecular formula is C33H41N3O6. The summed E-state index contributed by atoms with van der Waals surface area (Å²) in [7, 11) is 0. The molecule has 1 saturated carbocycles. The fourth-order valence-electron chi connectivity index (χ4n) is 6.05. The number of nitrogens with zero attached hydrogens (tertiary/aromatic N) is 2. The Labute approximate surface area is 246 Å². The van der Waals surface area contributed by atoms with Crippen LogP contribution < -0.4 is 5.32 Å². The van der Waals surface area contributed by atoms with Gasteiger partial charge in [-0.05, 0) is 74.3 Å². The number of non-ortho nitro benzene ring substituents is 2. The monoisotopic (exact) mass is 575 g/mol. The summed E-state index contributed by atoms with van der Waals surface area (Å²) in [6, 6.07) is 14.7. The van der Waals surface area contributed by atoms with Gasteiger partial charge < -0.3 is 10.1 Å². The van der Waals surface area contributed by atoms with Crippen molar-refractivity contribution in [2.75, 3.05) is 0 Å². The molecule has 3 aromatic carbocycles. The number of hydrogen-bond acceptors (Lipinski definition) is 6. The molecule has 0 aromatic heterocycles. The molecule has 0 radical (unpaired) electrons. The molecule has 0 aliphatic heterocycles. The van der Waals surface area contributed by atoms with E-state index in [0.717, 1.165) is 59.4 Å². The van der Waals surface area contributed by atoms with Crippen LogP contribution in [0.2, 0.25) is 0 Å². The van der Waals surface area contributed by atoms with Gasteiger partial charge in [0.25, 0.3) is 17.3 Å². The maximum absolute atomic E-state index is 12.9. The summed E-state index contributed by atoms with van der Waals surface area (Å²) >= 11 is 0. The molecule has 0 heterocycles. The Morgan fingerprint density at radius 3 is 2.26 bits per heavy atom. The lowest BCUT2D eigenvalue weighted by molar-refractivity contribution is -0.394. The van der Waals surface area contributed by atoms with Crippen LogP contribution in [0.25, 0.3) is 10.8 Å². The number of nitro benzene ring substituents is 2. The van der Waals surface area contributed by atoms with Gasteiger partial charge in [0.2, 0.25) is 0 Å². The highest BCUT2D eigenvalue weighted by Crippen LogP contribution is 2.36. The fraction of sp³-hybridized carbons (Fsp3) is 0.485. The third-order valence-corrected chi connectivity index (χ3v) is 8.16. The molecule has 2 aliphatic carbocycles. The third kappa shape index (κ3) is 7.91. The van der Waals surface area contributed by atoms with E-state index in [1.54, 1.807) is 0 Å². The minimum Gasteiger partial charge on any atom is -0.372 e. The van der Waals surface area contributed by atoms with E-state index in [0.29, 0.717) is 6.10 Å². The third-order valence-electron chi connectivity index (χ3n) is 8.16. The second kappa shape index (κ2) is 13.9. The lowest BCUT2D eigenvalue weighted by Crippen LogP contribution is -2.31. The summed E-state index contributed by atoms with van der Waals surface area (Å²) in [5, 5.41) is 27.3. The number of fused-ring (bicyclic) bond motifs is 3. The number of aryl methyl sites for hydroxylation is 1. The standard InChI is InChI=1S/C21H17N3O5.C12H24O/c25-21(15-10-16(23(26)27)12-17(11-15)24(28)29)22-19-7-3-5-14-9-8-13-4-1-2-6-18(13)20(14)19;1-4-5-10-12(2,3)13-11-8-6-7-9-11/h1-2,4,6,8-12,19H,3,5,7H2,(H,22,25);11H,4-10H2,1-3H3. The lowest BCUT2D eigenvalue weighted by atomic mass is 9.84. The number of carbonyl (C=O) groups is 1. The maximum Gasteiger partial charge on any atom is 0.277 e.